The Labute approximate surface area is 97.0 Å². The lowest BCUT2D eigenvalue weighted by atomic mass is 10.0. The van der Waals surface area contributed by atoms with Crippen LogP contribution in [0.1, 0.15) is 37.1 Å². The number of pyridine rings is 1. The average molecular weight is 220 g/mol. The van der Waals surface area contributed by atoms with E-state index in [0.29, 0.717) is 13.2 Å². The van der Waals surface area contributed by atoms with Gasteiger partial charge in [-0.15, -0.1) is 0 Å². The van der Waals surface area contributed by atoms with Crippen LogP contribution in [0.5, 0.6) is 0 Å². The first-order valence-corrected chi connectivity index (χ1v) is 5.97. The first kappa shape index (κ1) is 11.6. The normalized spacial score (nSPS) is 18.9. The third-order valence-electron chi connectivity index (χ3n) is 3.18. The predicted molar refractivity (Wildman–Crippen MR) is 64.0 cm³/mol. The van der Waals surface area contributed by atoms with E-state index in [1.54, 1.807) is 0 Å². The molecule has 2 rings (SSSR count). The summed E-state index contributed by atoms with van der Waals surface area (Å²) in [6.07, 6.45) is 4.66. The molecule has 0 unspecified atom stereocenters. The summed E-state index contributed by atoms with van der Waals surface area (Å²) in [7, 11) is 0. The van der Waals surface area contributed by atoms with Crippen LogP contribution in [0.25, 0.3) is 0 Å². The second-order valence-electron chi connectivity index (χ2n) is 4.83. The van der Waals surface area contributed by atoms with Gasteiger partial charge in [-0.3, -0.25) is 4.98 Å². The molecule has 1 aromatic heterocycles. The highest BCUT2D eigenvalue weighted by molar-refractivity contribution is 5.09. The Balaban J connectivity index is 1.79. The number of aryl methyl sites for hydroxylation is 1. The van der Waals surface area contributed by atoms with Crippen LogP contribution in [0.3, 0.4) is 0 Å². The molecule has 0 bridgehead atoms. The Morgan fingerprint density at radius 1 is 1.38 bits per heavy atom. The van der Waals surface area contributed by atoms with Crippen LogP contribution < -0.4 is 5.73 Å². The summed E-state index contributed by atoms with van der Waals surface area (Å²) in [6.45, 7) is 3.22. The molecule has 3 nitrogen and oxygen atoms in total. The minimum Gasteiger partial charge on any atom is -0.373 e. The maximum absolute atomic E-state index is 6.21. The van der Waals surface area contributed by atoms with Crippen molar-refractivity contribution in [1.82, 2.24) is 4.98 Å². The summed E-state index contributed by atoms with van der Waals surface area (Å²) in [6, 6.07) is 5.99. The molecule has 1 aliphatic rings. The molecule has 0 radical (unpaired) electrons. The number of hydrogen-bond donors (Lipinski definition) is 1. The Bertz CT molecular complexity index is 346. The number of hydrogen-bond acceptors (Lipinski definition) is 3. The van der Waals surface area contributed by atoms with Gasteiger partial charge in [0.2, 0.25) is 0 Å². The monoisotopic (exact) mass is 220 g/mol. The van der Waals surface area contributed by atoms with Crippen molar-refractivity contribution >= 4 is 0 Å². The van der Waals surface area contributed by atoms with Gasteiger partial charge in [0.1, 0.15) is 0 Å². The molecule has 88 valence electrons. The third-order valence-corrected chi connectivity index (χ3v) is 3.18. The van der Waals surface area contributed by atoms with Crippen LogP contribution >= 0.6 is 0 Å². The molecule has 3 heteroatoms. The smallest absolute Gasteiger partial charge is 0.0888 e. The predicted octanol–water partition coefficient (Wildman–Crippen LogP) is 2.18. The summed E-state index contributed by atoms with van der Waals surface area (Å²) in [4.78, 5) is 4.39. The van der Waals surface area contributed by atoms with Crippen molar-refractivity contribution in [3.8, 4) is 0 Å². The van der Waals surface area contributed by atoms with E-state index < -0.39 is 0 Å². The summed E-state index contributed by atoms with van der Waals surface area (Å²) >= 11 is 0. The first-order valence-electron chi connectivity index (χ1n) is 5.97. The molecule has 1 fully saturated rings. The summed E-state index contributed by atoms with van der Waals surface area (Å²) in [5.41, 5.74) is 8.15. The van der Waals surface area contributed by atoms with E-state index in [9.17, 15) is 0 Å². The summed E-state index contributed by atoms with van der Waals surface area (Å²) in [5, 5.41) is 0. The molecule has 0 atom stereocenters. The van der Waals surface area contributed by atoms with Crippen molar-refractivity contribution < 1.29 is 4.74 Å². The molecule has 1 saturated carbocycles. The Morgan fingerprint density at radius 2 is 2.12 bits per heavy atom. The van der Waals surface area contributed by atoms with Crippen molar-refractivity contribution in [1.29, 1.82) is 0 Å². The molecule has 1 aliphatic carbocycles. The standard InChI is InChI=1S/C13H20N2O/c1-11-5-4-6-12(15-11)9-16-10-13(14)7-2-3-8-13/h4-6H,2-3,7-10,14H2,1H3. The van der Waals surface area contributed by atoms with Gasteiger partial charge in [-0.05, 0) is 31.9 Å². The lowest BCUT2D eigenvalue weighted by molar-refractivity contribution is 0.0731. The maximum atomic E-state index is 6.21. The van der Waals surface area contributed by atoms with E-state index in [1.807, 2.05) is 25.1 Å². The Hall–Kier alpha value is -0.930. The molecule has 16 heavy (non-hydrogen) atoms. The molecule has 0 amide bonds. The van der Waals surface area contributed by atoms with Crippen molar-refractivity contribution in [3.05, 3.63) is 29.6 Å². The van der Waals surface area contributed by atoms with Gasteiger partial charge in [-0.2, -0.15) is 0 Å². The van der Waals surface area contributed by atoms with Crippen LogP contribution in [0.2, 0.25) is 0 Å². The molecule has 1 heterocycles. The van der Waals surface area contributed by atoms with E-state index >= 15 is 0 Å². The van der Waals surface area contributed by atoms with E-state index in [0.717, 1.165) is 24.2 Å². The fraction of sp³-hybridized carbons (Fsp3) is 0.615. The second kappa shape index (κ2) is 4.93. The van der Waals surface area contributed by atoms with E-state index in [-0.39, 0.29) is 5.54 Å². The number of rotatable bonds is 4. The van der Waals surface area contributed by atoms with Crippen molar-refractivity contribution in [3.63, 3.8) is 0 Å². The Morgan fingerprint density at radius 3 is 2.81 bits per heavy atom. The van der Waals surface area contributed by atoms with Crippen molar-refractivity contribution in [2.45, 2.75) is 44.8 Å². The average Bonchev–Trinajstić information content (AvgIpc) is 2.65. The number of ether oxygens (including phenoxy) is 1. The Kier molecular flexibility index (Phi) is 3.56. The zero-order chi connectivity index (χ0) is 11.4. The molecule has 1 aromatic rings. The van der Waals surface area contributed by atoms with Crippen molar-refractivity contribution in [2.24, 2.45) is 5.73 Å². The highest BCUT2D eigenvalue weighted by Crippen LogP contribution is 2.27. The van der Waals surface area contributed by atoms with E-state index in [4.69, 9.17) is 10.5 Å². The van der Waals surface area contributed by atoms with Gasteiger partial charge in [0, 0.05) is 11.2 Å². The SMILES string of the molecule is Cc1cccc(COCC2(N)CCCC2)n1. The van der Waals surface area contributed by atoms with Gasteiger partial charge in [0.25, 0.3) is 0 Å². The molecule has 0 saturated heterocycles. The van der Waals surface area contributed by atoms with Crippen LogP contribution in [0, 0.1) is 6.92 Å². The lowest BCUT2D eigenvalue weighted by Crippen LogP contribution is -2.41. The second-order valence-corrected chi connectivity index (χ2v) is 4.83. The zero-order valence-electron chi connectivity index (χ0n) is 9.91. The van der Waals surface area contributed by atoms with Crippen molar-refractivity contribution in [2.75, 3.05) is 6.61 Å². The van der Waals surface area contributed by atoms with E-state index in [1.165, 1.54) is 12.8 Å². The number of nitrogens with two attached hydrogens (primary N) is 1. The van der Waals surface area contributed by atoms with Gasteiger partial charge in [0.05, 0.1) is 18.9 Å². The fourth-order valence-electron chi connectivity index (χ4n) is 2.26. The minimum absolute atomic E-state index is 0.0795. The first-order chi connectivity index (χ1) is 7.68. The maximum Gasteiger partial charge on any atom is 0.0888 e. The fourth-order valence-corrected chi connectivity index (χ4v) is 2.26. The molecule has 0 aromatic carbocycles. The van der Waals surface area contributed by atoms with E-state index in [2.05, 4.69) is 4.98 Å². The molecule has 0 aliphatic heterocycles. The molecular formula is C13H20N2O. The molecule has 2 N–H and O–H groups in total. The topological polar surface area (TPSA) is 48.1 Å². The number of aromatic nitrogens is 1. The molecule has 0 spiro atoms. The van der Waals surface area contributed by atoms with Crippen LogP contribution in [0.15, 0.2) is 18.2 Å². The molecular weight excluding hydrogens is 200 g/mol. The van der Waals surface area contributed by atoms with Crippen LogP contribution in [-0.4, -0.2) is 17.1 Å². The van der Waals surface area contributed by atoms with Crippen LogP contribution in [0.4, 0.5) is 0 Å². The van der Waals surface area contributed by atoms with Gasteiger partial charge in [-0.25, -0.2) is 0 Å². The summed E-state index contributed by atoms with van der Waals surface area (Å²) in [5.74, 6) is 0. The highest BCUT2D eigenvalue weighted by atomic mass is 16.5. The zero-order valence-corrected chi connectivity index (χ0v) is 9.91. The highest BCUT2D eigenvalue weighted by Gasteiger charge is 2.29. The third kappa shape index (κ3) is 3.03. The van der Waals surface area contributed by atoms with Gasteiger partial charge in [0.15, 0.2) is 0 Å². The van der Waals surface area contributed by atoms with Crippen LogP contribution in [-0.2, 0) is 11.3 Å². The van der Waals surface area contributed by atoms with Gasteiger partial charge < -0.3 is 10.5 Å². The van der Waals surface area contributed by atoms with Gasteiger partial charge in [-0.1, -0.05) is 18.9 Å². The number of nitrogens with zero attached hydrogens (tertiary/aromatic N) is 1. The lowest BCUT2D eigenvalue weighted by Gasteiger charge is -2.22. The summed E-state index contributed by atoms with van der Waals surface area (Å²) < 4.78 is 5.67. The quantitative estimate of drug-likeness (QED) is 0.846. The largest absolute Gasteiger partial charge is 0.373 e. The minimum atomic E-state index is -0.0795. The van der Waals surface area contributed by atoms with Gasteiger partial charge >= 0.3 is 0 Å².